The number of fused-ring (bicyclic) bond motifs is 1. The third kappa shape index (κ3) is 3.52. The highest BCUT2D eigenvalue weighted by Crippen LogP contribution is 2.41. The van der Waals surface area contributed by atoms with Gasteiger partial charge in [0.2, 0.25) is 0 Å². The van der Waals surface area contributed by atoms with Crippen LogP contribution < -0.4 is 5.56 Å². The lowest BCUT2D eigenvalue weighted by molar-refractivity contribution is 0.955. The van der Waals surface area contributed by atoms with Gasteiger partial charge < -0.3 is 4.40 Å². The minimum absolute atomic E-state index is 0.0669. The molecule has 0 unspecified atom stereocenters. The Labute approximate surface area is 173 Å². The van der Waals surface area contributed by atoms with Crippen molar-refractivity contribution < 1.29 is 0 Å². The van der Waals surface area contributed by atoms with Crippen LogP contribution in [-0.2, 0) is 0 Å². The van der Waals surface area contributed by atoms with E-state index in [1.807, 2.05) is 67.0 Å². The molecular formula is C24H20ClN3O. The van der Waals surface area contributed by atoms with Gasteiger partial charge in [-0.1, -0.05) is 35.9 Å². The molecule has 4 nitrogen and oxygen atoms in total. The zero-order chi connectivity index (χ0) is 20.0. The number of nitrogens with zero attached hydrogens (tertiary/aromatic N) is 3. The second-order valence-corrected chi connectivity index (χ2v) is 7.96. The molecule has 3 aromatic heterocycles. The molecule has 0 atom stereocenters. The predicted octanol–water partition coefficient (Wildman–Crippen LogP) is 5.49. The average Bonchev–Trinajstić information content (AvgIpc) is 3.52. The maximum atomic E-state index is 12.7. The van der Waals surface area contributed by atoms with Crippen molar-refractivity contribution in [1.29, 1.82) is 0 Å². The normalized spacial score (nSPS) is 14.1. The molecule has 0 bridgehead atoms. The Morgan fingerprint density at radius 1 is 1.03 bits per heavy atom. The summed E-state index contributed by atoms with van der Waals surface area (Å²) >= 11 is 5.92. The summed E-state index contributed by atoms with van der Waals surface area (Å²) in [6.45, 7) is 2.10. The molecule has 1 fully saturated rings. The number of hydrogen-bond donors (Lipinski definition) is 0. The molecular weight excluding hydrogens is 382 g/mol. The van der Waals surface area contributed by atoms with Gasteiger partial charge in [0, 0.05) is 35.1 Å². The Morgan fingerprint density at radius 3 is 2.52 bits per heavy atom. The van der Waals surface area contributed by atoms with Crippen LogP contribution in [0, 0.1) is 6.92 Å². The van der Waals surface area contributed by atoms with Gasteiger partial charge in [-0.25, -0.2) is 4.98 Å². The smallest absolute Gasteiger partial charge is 0.255 e. The summed E-state index contributed by atoms with van der Waals surface area (Å²) in [6, 6.07) is 15.1. The molecule has 0 aliphatic heterocycles. The van der Waals surface area contributed by atoms with Gasteiger partial charge in [-0.3, -0.25) is 9.36 Å². The van der Waals surface area contributed by atoms with Gasteiger partial charge in [-0.2, -0.15) is 0 Å². The van der Waals surface area contributed by atoms with E-state index in [1.165, 1.54) is 24.2 Å². The van der Waals surface area contributed by atoms with Crippen LogP contribution in [-0.4, -0.2) is 14.0 Å². The first-order valence-electron chi connectivity index (χ1n) is 9.74. The summed E-state index contributed by atoms with van der Waals surface area (Å²) in [5, 5.41) is 0.707. The van der Waals surface area contributed by atoms with Crippen LogP contribution in [0.15, 0.2) is 65.7 Å². The van der Waals surface area contributed by atoms with E-state index < -0.39 is 0 Å². The third-order valence-corrected chi connectivity index (χ3v) is 5.65. The highest BCUT2D eigenvalue weighted by atomic mass is 35.5. The first kappa shape index (κ1) is 18.0. The van der Waals surface area contributed by atoms with Crippen LogP contribution in [0.2, 0.25) is 5.02 Å². The van der Waals surface area contributed by atoms with Crippen LogP contribution in [0.5, 0.6) is 0 Å². The zero-order valence-electron chi connectivity index (χ0n) is 16.0. The lowest BCUT2D eigenvalue weighted by Gasteiger charge is -2.07. The van der Waals surface area contributed by atoms with Crippen molar-refractivity contribution in [2.75, 3.05) is 0 Å². The van der Waals surface area contributed by atoms with Crippen molar-refractivity contribution in [1.82, 2.24) is 14.0 Å². The van der Waals surface area contributed by atoms with E-state index in [1.54, 1.807) is 10.6 Å². The second-order valence-electron chi connectivity index (χ2n) is 7.53. The van der Waals surface area contributed by atoms with E-state index in [2.05, 4.69) is 11.3 Å². The lowest BCUT2D eigenvalue weighted by atomic mass is 10.1. The quantitative estimate of drug-likeness (QED) is 0.453. The van der Waals surface area contributed by atoms with E-state index in [9.17, 15) is 4.79 Å². The molecule has 4 aromatic rings. The molecule has 5 heteroatoms. The fourth-order valence-corrected chi connectivity index (χ4v) is 3.76. The molecule has 0 saturated heterocycles. The van der Waals surface area contributed by atoms with E-state index in [4.69, 9.17) is 16.6 Å². The number of aromatic nitrogens is 3. The molecule has 0 amide bonds. The predicted molar refractivity (Wildman–Crippen MR) is 118 cm³/mol. The van der Waals surface area contributed by atoms with Crippen LogP contribution in [0.4, 0.5) is 0 Å². The Bertz CT molecular complexity index is 1290. The Hall–Kier alpha value is -3.11. The third-order valence-electron chi connectivity index (χ3n) is 5.40. The molecule has 3 heterocycles. The Kier molecular flexibility index (Phi) is 4.36. The molecule has 0 radical (unpaired) electrons. The molecule has 144 valence electrons. The minimum Gasteiger partial charge on any atom is -0.302 e. The first-order chi connectivity index (χ1) is 14.1. The fraction of sp³-hybridized carbons (Fsp3) is 0.167. The molecule has 5 rings (SSSR count). The maximum absolute atomic E-state index is 12.7. The highest BCUT2D eigenvalue weighted by molar-refractivity contribution is 6.30. The van der Waals surface area contributed by atoms with Crippen molar-refractivity contribution in [3.05, 3.63) is 98.8 Å². The van der Waals surface area contributed by atoms with Crippen molar-refractivity contribution in [3.8, 4) is 5.69 Å². The maximum Gasteiger partial charge on any atom is 0.255 e. The van der Waals surface area contributed by atoms with Crippen molar-refractivity contribution in [2.24, 2.45) is 0 Å². The van der Waals surface area contributed by atoms with Gasteiger partial charge in [-0.15, -0.1) is 0 Å². The summed E-state index contributed by atoms with van der Waals surface area (Å²) in [7, 11) is 0. The number of aryl methyl sites for hydroxylation is 1. The standard InChI is InChI=1S/C24H20ClN3O/c1-16-24(19-6-7-19)26-22-11-10-21(15-28(16)22)27-13-12-18(14-23(27)29)3-2-17-4-8-20(25)9-5-17/h2-5,8-15,19H,6-7H2,1H3/b3-2+. The van der Waals surface area contributed by atoms with Gasteiger partial charge in [0.1, 0.15) is 5.65 Å². The molecule has 0 spiro atoms. The number of hydrogen-bond acceptors (Lipinski definition) is 2. The SMILES string of the molecule is Cc1c(C2CC2)nc2ccc(-n3ccc(/C=C/c4ccc(Cl)cc4)cc3=O)cn12. The average molecular weight is 402 g/mol. The molecule has 0 N–H and O–H groups in total. The zero-order valence-corrected chi connectivity index (χ0v) is 16.8. The van der Waals surface area contributed by atoms with Gasteiger partial charge in [0.05, 0.1) is 11.4 Å². The molecule has 29 heavy (non-hydrogen) atoms. The van der Waals surface area contributed by atoms with E-state index >= 15 is 0 Å². The molecule has 1 aromatic carbocycles. The van der Waals surface area contributed by atoms with Crippen LogP contribution in [0.3, 0.4) is 0 Å². The largest absolute Gasteiger partial charge is 0.302 e. The summed E-state index contributed by atoms with van der Waals surface area (Å²) < 4.78 is 3.75. The topological polar surface area (TPSA) is 39.3 Å². The van der Waals surface area contributed by atoms with Crippen molar-refractivity contribution >= 4 is 29.4 Å². The van der Waals surface area contributed by atoms with E-state index in [-0.39, 0.29) is 5.56 Å². The Balaban J connectivity index is 1.46. The first-order valence-corrected chi connectivity index (χ1v) is 10.1. The van der Waals surface area contributed by atoms with Crippen molar-refractivity contribution in [2.45, 2.75) is 25.7 Å². The summed E-state index contributed by atoms with van der Waals surface area (Å²) in [6.07, 6.45) is 10.2. The Morgan fingerprint density at radius 2 is 1.79 bits per heavy atom. The minimum atomic E-state index is -0.0669. The molecule has 1 saturated carbocycles. The van der Waals surface area contributed by atoms with Crippen LogP contribution in [0.25, 0.3) is 23.5 Å². The van der Waals surface area contributed by atoms with Gasteiger partial charge in [0.25, 0.3) is 5.56 Å². The number of halogens is 1. The van der Waals surface area contributed by atoms with E-state index in [0.29, 0.717) is 10.9 Å². The van der Waals surface area contributed by atoms with Gasteiger partial charge in [-0.05, 0) is 61.2 Å². The summed E-state index contributed by atoms with van der Waals surface area (Å²) in [4.78, 5) is 17.5. The summed E-state index contributed by atoms with van der Waals surface area (Å²) in [5.41, 5.74) is 5.95. The van der Waals surface area contributed by atoms with Gasteiger partial charge in [0.15, 0.2) is 0 Å². The highest BCUT2D eigenvalue weighted by Gasteiger charge is 2.28. The monoisotopic (exact) mass is 401 g/mol. The van der Waals surface area contributed by atoms with Gasteiger partial charge >= 0.3 is 0 Å². The molecule has 1 aliphatic carbocycles. The number of pyridine rings is 2. The molecule has 1 aliphatic rings. The lowest BCUT2D eigenvalue weighted by Crippen LogP contribution is -2.17. The van der Waals surface area contributed by atoms with E-state index in [0.717, 1.165) is 22.5 Å². The number of benzene rings is 1. The van der Waals surface area contributed by atoms with Crippen LogP contribution >= 0.6 is 11.6 Å². The summed E-state index contributed by atoms with van der Waals surface area (Å²) in [5.74, 6) is 0.604. The van der Waals surface area contributed by atoms with Crippen molar-refractivity contribution in [3.63, 3.8) is 0 Å². The van der Waals surface area contributed by atoms with Crippen LogP contribution in [0.1, 0.15) is 41.3 Å². The number of rotatable bonds is 4. The number of imidazole rings is 1. The fourth-order valence-electron chi connectivity index (χ4n) is 3.63. The second kappa shape index (κ2) is 7.05.